The average molecular weight is 402 g/mol. The number of nitrogens with one attached hydrogen (secondary N) is 1. The number of amides is 1. The van der Waals surface area contributed by atoms with E-state index in [0.29, 0.717) is 35.3 Å². The minimum absolute atomic E-state index is 0.0904. The second-order valence-electron chi connectivity index (χ2n) is 6.89. The van der Waals surface area contributed by atoms with Gasteiger partial charge < -0.3 is 14.8 Å². The molecule has 8 heteroatoms. The Morgan fingerprint density at radius 1 is 1.23 bits per heavy atom. The van der Waals surface area contributed by atoms with Crippen molar-refractivity contribution < 1.29 is 22.7 Å². The van der Waals surface area contributed by atoms with E-state index in [1.807, 2.05) is 0 Å². The van der Waals surface area contributed by atoms with Crippen LogP contribution in [0.15, 0.2) is 12.1 Å². The van der Waals surface area contributed by atoms with Crippen molar-refractivity contribution in [3.05, 3.63) is 22.7 Å². The minimum atomic E-state index is -3.67. The first kappa shape index (κ1) is 19.3. The maximum absolute atomic E-state index is 12.7. The van der Waals surface area contributed by atoms with Gasteiger partial charge in [0.25, 0.3) is 0 Å². The van der Waals surface area contributed by atoms with E-state index in [2.05, 4.69) is 5.32 Å². The fourth-order valence-corrected chi connectivity index (χ4v) is 4.84. The van der Waals surface area contributed by atoms with E-state index in [1.54, 1.807) is 12.1 Å². The molecule has 26 heavy (non-hydrogen) atoms. The van der Waals surface area contributed by atoms with E-state index in [9.17, 15) is 13.2 Å². The molecule has 1 heterocycles. The molecule has 0 bridgehead atoms. The van der Waals surface area contributed by atoms with Crippen LogP contribution in [-0.4, -0.2) is 38.8 Å². The Bertz CT molecular complexity index is 774. The van der Waals surface area contributed by atoms with E-state index < -0.39 is 21.0 Å². The Kier molecular flexibility index (Phi) is 5.97. The molecule has 0 saturated heterocycles. The van der Waals surface area contributed by atoms with Crippen molar-refractivity contribution >= 4 is 27.3 Å². The number of benzene rings is 1. The Labute approximate surface area is 159 Å². The van der Waals surface area contributed by atoms with Gasteiger partial charge >= 0.3 is 0 Å². The second kappa shape index (κ2) is 8.05. The molecule has 1 aliphatic heterocycles. The lowest BCUT2D eigenvalue weighted by molar-refractivity contribution is -0.121. The smallest absolute Gasteiger partial charge is 0.238 e. The van der Waals surface area contributed by atoms with E-state index in [0.717, 1.165) is 32.1 Å². The van der Waals surface area contributed by atoms with Gasteiger partial charge in [-0.1, -0.05) is 24.4 Å². The molecule has 6 nitrogen and oxygen atoms in total. The molecule has 1 N–H and O–H groups in total. The van der Waals surface area contributed by atoms with Crippen LogP contribution in [0.3, 0.4) is 0 Å². The van der Waals surface area contributed by atoms with Crippen LogP contribution in [0, 0.1) is 0 Å². The van der Waals surface area contributed by atoms with Gasteiger partial charge in [-0.25, -0.2) is 8.42 Å². The molecule has 1 saturated carbocycles. The Balaban J connectivity index is 1.73. The third kappa shape index (κ3) is 4.43. The molecular weight excluding hydrogens is 378 g/mol. The zero-order valence-electron chi connectivity index (χ0n) is 14.8. The van der Waals surface area contributed by atoms with Crippen LogP contribution in [0.1, 0.15) is 44.6 Å². The number of hydrogen-bond acceptors (Lipinski definition) is 5. The highest BCUT2D eigenvalue weighted by Crippen LogP contribution is 2.38. The monoisotopic (exact) mass is 401 g/mol. The van der Waals surface area contributed by atoms with E-state index in [4.69, 9.17) is 21.1 Å². The summed E-state index contributed by atoms with van der Waals surface area (Å²) in [5.74, 6) is 0.181. The van der Waals surface area contributed by atoms with Gasteiger partial charge in [0, 0.05) is 12.5 Å². The number of fused-ring (bicyclic) bond motifs is 1. The summed E-state index contributed by atoms with van der Waals surface area (Å²) in [5, 5.41) is 2.06. The highest BCUT2D eigenvalue weighted by Gasteiger charge is 2.31. The van der Waals surface area contributed by atoms with Gasteiger partial charge in [0.15, 0.2) is 21.3 Å². The van der Waals surface area contributed by atoms with Crippen molar-refractivity contribution in [2.24, 2.45) is 0 Å². The topological polar surface area (TPSA) is 81.7 Å². The van der Waals surface area contributed by atoms with Crippen molar-refractivity contribution in [1.29, 1.82) is 0 Å². The van der Waals surface area contributed by atoms with Gasteiger partial charge in [-0.15, -0.1) is 0 Å². The summed E-state index contributed by atoms with van der Waals surface area (Å²) in [6, 6.07) is 3.28. The van der Waals surface area contributed by atoms with Gasteiger partial charge in [-0.05, 0) is 37.5 Å². The zero-order chi connectivity index (χ0) is 18.7. The Morgan fingerprint density at radius 2 is 1.92 bits per heavy atom. The third-order valence-corrected chi connectivity index (χ3v) is 7.15. The molecule has 1 fully saturated rings. The highest BCUT2D eigenvalue weighted by atomic mass is 35.5. The van der Waals surface area contributed by atoms with Crippen LogP contribution in [-0.2, 0) is 20.4 Å². The first-order valence-electron chi connectivity index (χ1n) is 8.97. The van der Waals surface area contributed by atoms with E-state index in [1.165, 1.54) is 6.92 Å². The van der Waals surface area contributed by atoms with Crippen molar-refractivity contribution in [2.45, 2.75) is 56.1 Å². The van der Waals surface area contributed by atoms with Crippen LogP contribution >= 0.6 is 11.6 Å². The Hall–Kier alpha value is -1.47. The first-order valence-corrected chi connectivity index (χ1v) is 11.1. The van der Waals surface area contributed by atoms with Crippen LogP contribution in [0.4, 0.5) is 0 Å². The molecule has 1 aliphatic carbocycles. The number of carbonyl (C=O) groups excluding carboxylic acids is 1. The minimum Gasteiger partial charge on any atom is -0.489 e. The summed E-state index contributed by atoms with van der Waals surface area (Å²) < 4.78 is 36.5. The van der Waals surface area contributed by atoms with Crippen LogP contribution in [0.25, 0.3) is 0 Å². The number of sulfone groups is 1. The molecule has 0 unspecified atom stereocenters. The standard InChI is InChI=1S/C18H24ClNO5S/c1-12(18(21)20-14-5-2-3-6-14)26(22,23)11-13-9-15(19)17-16(10-13)24-7-4-8-25-17/h9-10,12,14H,2-8,11H2,1H3,(H,20,21)/t12-/m1/s1. The maximum atomic E-state index is 12.7. The predicted molar refractivity (Wildman–Crippen MR) is 99.5 cm³/mol. The second-order valence-corrected chi connectivity index (χ2v) is 9.62. The molecule has 1 amide bonds. The number of hydrogen-bond donors (Lipinski definition) is 1. The normalized spacial score (nSPS) is 19.0. The summed E-state index contributed by atoms with van der Waals surface area (Å²) in [6.07, 6.45) is 4.70. The fourth-order valence-electron chi connectivity index (χ4n) is 3.28. The number of carbonyl (C=O) groups is 1. The lowest BCUT2D eigenvalue weighted by Gasteiger charge is -2.18. The molecule has 0 spiro atoms. The van der Waals surface area contributed by atoms with Gasteiger partial charge in [-0.2, -0.15) is 0 Å². The lowest BCUT2D eigenvalue weighted by atomic mass is 10.2. The molecule has 1 atom stereocenters. The molecule has 1 aromatic rings. The largest absolute Gasteiger partial charge is 0.489 e. The molecule has 2 aliphatic rings. The third-order valence-electron chi connectivity index (χ3n) is 4.84. The quantitative estimate of drug-likeness (QED) is 0.820. The highest BCUT2D eigenvalue weighted by molar-refractivity contribution is 7.92. The lowest BCUT2D eigenvalue weighted by Crippen LogP contribution is -2.42. The van der Waals surface area contributed by atoms with Crippen molar-refractivity contribution in [3.8, 4) is 11.5 Å². The molecule has 1 aromatic carbocycles. The zero-order valence-corrected chi connectivity index (χ0v) is 16.4. The van der Waals surface area contributed by atoms with E-state index >= 15 is 0 Å². The SMILES string of the molecule is C[C@H](C(=O)NC1CCCC1)S(=O)(=O)Cc1cc(Cl)c2c(c1)OCCCO2. The average Bonchev–Trinajstić information content (AvgIpc) is 2.96. The number of ether oxygens (including phenoxy) is 2. The molecule has 3 rings (SSSR count). The van der Waals surface area contributed by atoms with Crippen LogP contribution in [0.5, 0.6) is 11.5 Å². The van der Waals surface area contributed by atoms with E-state index in [-0.39, 0.29) is 11.8 Å². The van der Waals surface area contributed by atoms with Crippen molar-refractivity contribution in [2.75, 3.05) is 13.2 Å². The van der Waals surface area contributed by atoms with Crippen LogP contribution < -0.4 is 14.8 Å². The van der Waals surface area contributed by atoms with Gasteiger partial charge in [0.1, 0.15) is 5.25 Å². The Morgan fingerprint density at radius 3 is 2.65 bits per heavy atom. The summed E-state index contributed by atoms with van der Waals surface area (Å²) in [4.78, 5) is 12.3. The van der Waals surface area contributed by atoms with Crippen LogP contribution in [0.2, 0.25) is 5.02 Å². The molecule has 0 aromatic heterocycles. The summed E-state index contributed by atoms with van der Waals surface area (Å²) >= 11 is 6.23. The summed E-state index contributed by atoms with van der Waals surface area (Å²) in [5.41, 5.74) is 0.486. The van der Waals surface area contributed by atoms with Gasteiger partial charge in [-0.3, -0.25) is 4.79 Å². The summed E-state index contributed by atoms with van der Waals surface area (Å²) in [6.45, 7) is 2.42. The first-order chi connectivity index (χ1) is 12.4. The molecule has 144 valence electrons. The fraction of sp³-hybridized carbons (Fsp3) is 0.611. The van der Waals surface area contributed by atoms with Crippen molar-refractivity contribution in [3.63, 3.8) is 0 Å². The predicted octanol–water partition coefficient (Wildman–Crippen LogP) is 2.86. The maximum Gasteiger partial charge on any atom is 0.238 e. The molecule has 0 radical (unpaired) electrons. The van der Waals surface area contributed by atoms with Gasteiger partial charge in [0.2, 0.25) is 5.91 Å². The van der Waals surface area contributed by atoms with Gasteiger partial charge in [0.05, 0.1) is 24.0 Å². The molecular formula is C18H24ClNO5S. The van der Waals surface area contributed by atoms with Crippen molar-refractivity contribution in [1.82, 2.24) is 5.32 Å². The summed E-state index contributed by atoms with van der Waals surface area (Å²) in [7, 11) is -3.67. The number of rotatable bonds is 5. The number of halogens is 1.